The maximum absolute atomic E-state index is 14.2. The summed E-state index contributed by atoms with van der Waals surface area (Å²) in [5.41, 5.74) is 1.45. The van der Waals surface area contributed by atoms with Gasteiger partial charge in [0.2, 0.25) is 5.91 Å². The van der Waals surface area contributed by atoms with Crippen LogP contribution in [0.25, 0.3) is 0 Å². The first-order valence-electron chi connectivity index (χ1n) is 15.3. The van der Waals surface area contributed by atoms with Crippen LogP contribution in [0, 0.1) is 17.3 Å². The Bertz CT molecular complexity index is 1310. The van der Waals surface area contributed by atoms with Crippen LogP contribution in [0.5, 0.6) is 0 Å². The number of rotatable bonds is 4. The number of fused-ring (bicyclic) bond motifs is 2. The molecule has 2 aromatic rings. The van der Waals surface area contributed by atoms with E-state index in [-0.39, 0.29) is 12.5 Å². The monoisotopic (exact) mass is 569 g/mol. The summed E-state index contributed by atoms with van der Waals surface area (Å²) in [6.07, 6.45) is 2.90. The van der Waals surface area contributed by atoms with Crippen LogP contribution in [-0.2, 0) is 29.5 Å². The fraction of sp³-hybridized carbons (Fsp3) is 0.636. The molecule has 2 saturated carbocycles. The molecule has 1 saturated heterocycles. The van der Waals surface area contributed by atoms with Gasteiger partial charge in [0.1, 0.15) is 0 Å². The van der Waals surface area contributed by atoms with E-state index >= 15 is 0 Å². The van der Waals surface area contributed by atoms with Crippen molar-refractivity contribution in [2.75, 3.05) is 19.6 Å². The number of carbonyl (C=O) groups is 1. The maximum atomic E-state index is 14.2. The lowest BCUT2D eigenvalue weighted by Gasteiger charge is -2.41. The molecular weight excluding hydrogens is 527 g/mol. The standard InChI is InChI=1S/C33H42F3N3O2/c1-21-19-38(12-9-28(21)22-6-4-7-24(14-22)31(2,3)41)27-16-25-8-5-11-32(25,17-27)30(40)39-13-10-29-23(20-39)15-26(18-37-29)33(34,35)36/h4,6-7,14-15,18,21,25,27-28,41H,5,8-13,16-17,19-20H2,1-3H3/t21?,25?,27-,28-,32?/m0/s1. The van der Waals surface area contributed by atoms with Crippen molar-refractivity contribution in [1.82, 2.24) is 14.8 Å². The molecule has 2 aliphatic heterocycles. The smallest absolute Gasteiger partial charge is 0.386 e. The molecule has 3 unspecified atom stereocenters. The second-order valence-electron chi connectivity index (χ2n) is 13.7. The van der Waals surface area contributed by atoms with Crippen molar-refractivity contribution in [3.63, 3.8) is 0 Å². The summed E-state index contributed by atoms with van der Waals surface area (Å²) in [5, 5.41) is 10.5. The van der Waals surface area contributed by atoms with Crippen LogP contribution in [0.15, 0.2) is 36.5 Å². The predicted octanol–water partition coefficient (Wildman–Crippen LogP) is 6.29. The first-order chi connectivity index (χ1) is 19.3. The molecule has 0 spiro atoms. The number of pyridine rings is 1. The van der Waals surface area contributed by atoms with Crippen LogP contribution < -0.4 is 0 Å². The number of nitrogens with zero attached hydrogens (tertiary/aromatic N) is 3. The third-order valence-electron chi connectivity index (χ3n) is 10.7. The van der Waals surface area contributed by atoms with E-state index in [0.29, 0.717) is 48.0 Å². The second kappa shape index (κ2) is 10.4. The average Bonchev–Trinajstić information content (AvgIpc) is 3.50. The van der Waals surface area contributed by atoms with E-state index in [1.807, 2.05) is 30.9 Å². The first-order valence-corrected chi connectivity index (χ1v) is 15.3. The fourth-order valence-electron chi connectivity index (χ4n) is 8.46. The highest BCUT2D eigenvalue weighted by Crippen LogP contribution is 2.57. The number of hydrogen-bond acceptors (Lipinski definition) is 4. The zero-order chi connectivity index (χ0) is 29.2. The quantitative estimate of drug-likeness (QED) is 0.471. The Hall–Kier alpha value is -2.45. The Labute approximate surface area is 241 Å². The summed E-state index contributed by atoms with van der Waals surface area (Å²) in [7, 11) is 0. The average molecular weight is 570 g/mol. The van der Waals surface area contributed by atoms with Gasteiger partial charge in [0.05, 0.1) is 16.6 Å². The summed E-state index contributed by atoms with van der Waals surface area (Å²) >= 11 is 0. The molecular formula is C33H42F3N3O2. The summed E-state index contributed by atoms with van der Waals surface area (Å²) in [6.45, 7) is 8.69. The zero-order valence-electron chi connectivity index (χ0n) is 24.4. The Morgan fingerprint density at radius 3 is 2.66 bits per heavy atom. The van der Waals surface area contributed by atoms with Gasteiger partial charge >= 0.3 is 6.18 Å². The van der Waals surface area contributed by atoms with Crippen molar-refractivity contribution in [3.05, 3.63) is 64.5 Å². The Morgan fingerprint density at radius 1 is 1.12 bits per heavy atom. The van der Waals surface area contributed by atoms with Crippen LogP contribution in [0.2, 0.25) is 0 Å². The van der Waals surface area contributed by atoms with E-state index in [2.05, 4.69) is 28.9 Å². The maximum Gasteiger partial charge on any atom is 0.417 e. The van der Waals surface area contributed by atoms with Gasteiger partial charge in [0.15, 0.2) is 0 Å². The van der Waals surface area contributed by atoms with Gasteiger partial charge < -0.3 is 14.9 Å². The van der Waals surface area contributed by atoms with Crippen LogP contribution in [0.1, 0.15) is 93.2 Å². The number of alkyl halides is 3. The Balaban J connectivity index is 1.14. The third-order valence-corrected chi connectivity index (χ3v) is 10.7. The number of piperidine rings is 1. The lowest BCUT2D eigenvalue weighted by molar-refractivity contribution is -0.144. The van der Waals surface area contributed by atoms with Crippen molar-refractivity contribution in [2.24, 2.45) is 17.3 Å². The molecule has 1 aromatic heterocycles. The third kappa shape index (κ3) is 5.31. The molecule has 3 heterocycles. The SMILES string of the molecule is CC1CN([C@H]2CC3CCCC3(C(=O)N3CCc4ncc(C(F)(F)F)cc4C3)C2)CC[C@@H]1c1cccc(C(C)(C)O)c1. The summed E-state index contributed by atoms with van der Waals surface area (Å²) in [5.74, 6) is 1.39. The number of benzene rings is 1. The number of hydrogen-bond donors (Lipinski definition) is 1. The highest BCUT2D eigenvalue weighted by atomic mass is 19.4. The van der Waals surface area contributed by atoms with Crippen LogP contribution in [0.4, 0.5) is 13.2 Å². The normalized spacial score (nSPS) is 30.8. The van der Waals surface area contributed by atoms with Crippen LogP contribution in [0.3, 0.4) is 0 Å². The summed E-state index contributed by atoms with van der Waals surface area (Å²) in [4.78, 5) is 22.7. The molecule has 3 fully saturated rings. The molecule has 1 aromatic carbocycles. The summed E-state index contributed by atoms with van der Waals surface area (Å²) < 4.78 is 40.0. The molecule has 1 amide bonds. The number of aliphatic hydroxyl groups is 1. The molecule has 2 aliphatic carbocycles. The fourth-order valence-corrected chi connectivity index (χ4v) is 8.46. The molecule has 1 N–H and O–H groups in total. The van der Waals surface area contributed by atoms with Crippen molar-refractivity contribution in [2.45, 2.75) is 96.0 Å². The minimum absolute atomic E-state index is 0.150. The van der Waals surface area contributed by atoms with E-state index in [0.717, 1.165) is 63.4 Å². The van der Waals surface area contributed by atoms with Crippen molar-refractivity contribution in [3.8, 4) is 0 Å². The number of halogens is 3. The number of carbonyl (C=O) groups excluding carboxylic acids is 1. The van der Waals surface area contributed by atoms with Crippen LogP contribution >= 0.6 is 0 Å². The van der Waals surface area contributed by atoms with Crippen molar-refractivity contribution in [1.29, 1.82) is 0 Å². The molecule has 5 atom stereocenters. The number of amides is 1. The number of likely N-dealkylation sites (tertiary alicyclic amines) is 1. The Morgan fingerprint density at radius 2 is 1.93 bits per heavy atom. The molecule has 6 rings (SSSR count). The largest absolute Gasteiger partial charge is 0.417 e. The molecule has 8 heteroatoms. The first kappa shape index (κ1) is 28.7. The van der Waals surface area contributed by atoms with Gasteiger partial charge in [-0.2, -0.15) is 13.2 Å². The predicted molar refractivity (Wildman–Crippen MR) is 151 cm³/mol. The molecule has 4 aliphatic rings. The van der Waals surface area contributed by atoms with E-state index < -0.39 is 22.8 Å². The van der Waals surface area contributed by atoms with Gasteiger partial charge in [-0.15, -0.1) is 0 Å². The zero-order valence-corrected chi connectivity index (χ0v) is 24.4. The van der Waals surface area contributed by atoms with E-state index in [1.165, 1.54) is 11.6 Å². The van der Waals surface area contributed by atoms with Gasteiger partial charge in [-0.05, 0) is 93.0 Å². The minimum atomic E-state index is -4.44. The van der Waals surface area contributed by atoms with Crippen molar-refractivity contribution >= 4 is 5.91 Å². The number of aromatic nitrogens is 1. The molecule has 0 bridgehead atoms. The molecule has 41 heavy (non-hydrogen) atoms. The second-order valence-corrected chi connectivity index (χ2v) is 13.7. The van der Waals surface area contributed by atoms with Crippen molar-refractivity contribution < 1.29 is 23.1 Å². The Kier molecular flexibility index (Phi) is 7.25. The molecule has 5 nitrogen and oxygen atoms in total. The van der Waals surface area contributed by atoms with Gasteiger partial charge in [-0.1, -0.05) is 37.6 Å². The van der Waals surface area contributed by atoms with Gasteiger partial charge in [0, 0.05) is 44.0 Å². The van der Waals surface area contributed by atoms with E-state index in [4.69, 9.17) is 0 Å². The lowest BCUT2D eigenvalue weighted by Crippen LogP contribution is -2.48. The van der Waals surface area contributed by atoms with Crippen LogP contribution in [-0.4, -0.2) is 51.5 Å². The highest BCUT2D eigenvalue weighted by molar-refractivity contribution is 5.84. The highest BCUT2D eigenvalue weighted by Gasteiger charge is 2.57. The van der Waals surface area contributed by atoms with E-state index in [9.17, 15) is 23.1 Å². The summed E-state index contributed by atoms with van der Waals surface area (Å²) in [6, 6.07) is 9.94. The van der Waals surface area contributed by atoms with E-state index in [1.54, 1.807) is 0 Å². The lowest BCUT2D eigenvalue weighted by atomic mass is 9.78. The van der Waals surface area contributed by atoms with Gasteiger partial charge in [-0.25, -0.2) is 0 Å². The molecule has 222 valence electrons. The topological polar surface area (TPSA) is 56.7 Å². The minimum Gasteiger partial charge on any atom is -0.386 e. The van der Waals surface area contributed by atoms with Gasteiger partial charge in [0.25, 0.3) is 0 Å². The van der Waals surface area contributed by atoms with Gasteiger partial charge in [-0.3, -0.25) is 9.78 Å². The molecule has 0 radical (unpaired) electrons.